The van der Waals surface area contributed by atoms with Crippen molar-refractivity contribution in [1.29, 1.82) is 0 Å². The first-order valence-electron chi connectivity index (χ1n) is 11.9. The second kappa shape index (κ2) is 10.8. The minimum absolute atomic E-state index is 0.471. The van der Waals surface area contributed by atoms with Crippen LogP contribution < -0.4 is 9.47 Å². The van der Waals surface area contributed by atoms with Crippen molar-refractivity contribution in [2.75, 3.05) is 20.8 Å². The number of aryl methyl sites for hydroxylation is 1. The molecule has 0 spiro atoms. The van der Waals surface area contributed by atoms with E-state index in [0.29, 0.717) is 23.4 Å². The Morgan fingerprint density at radius 3 is 1.94 bits per heavy atom. The average molecular weight is 475 g/mol. The van der Waals surface area contributed by atoms with Crippen LogP contribution in [0, 0.1) is 0 Å². The highest BCUT2D eigenvalue weighted by Gasteiger charge is 2.37. The topological polar surface area (TPSA) is 60.0 Å². The monoisotopic (exact) mass is 474 g/mol. The van der Waals surface area contributed by atoms with E-state index in [1.54, 1.807) is 14.2 Å². The van der Waals surface area contributed by atoms with Crippen LogP contribution in [-0.4, -0.2) is 35.3 Å². The molecule has 2 aromatic carbocycles. The lowest BCUT2D eigenvalue weighted by molar-refractivity contribution is 0.0950. The van der Waals surface area contributed by atoms with Gasteiger partial charge in [0.15, 0.2) is 5.60 Å². The maximum absolute atomic E-state index is 12.2. The number of aliphatic hydroxyl groups is 1. The van der Waals surface area contributed by atoms with Crippen molar-refractivity contribution in [2.45, 2.75) is 32.0 Å². The van der Waals surface area contributed by atoms with Gasteiger partial charge in [0.05, 0.1) is 20.8 Å². The van der Waals surface area contributed by atoms with Gasteiger partial charge in [-0.25, -0.2) is 0 Å². The Morgan fingerprint density at radius 1 is 0.857 bits per heavy atom. The van der Waals surface area contributed by atoms with Gasteiger partial charge in [-0.2, -0.15) is 0 Å². The van der Waals surface area contributed by atoms with E-state index in [9.17, 15) is 5.11 Å². The summed E-state index contributed by atoms with van der Waals surface area (Å²) in [6.07, 6.45) is 3.11. The first-order chi connectivity index (χ1) is 17.0. The molecular formula is C29H34N2O4. The van der Waals surface area contributed by atoms with E-state index in [4.69, 9.17) is 13.9 Å². The van der Waals surface area contributed by atoms with Gasteiger partial charge in [-0.05, 0) is 72.6 Å². The summed E-state index contributed by atoms with van der Waals surface area (Å²) in [4.78, 5) is 2.36. The number of nitrogens with zero attached hydrogens (tertiary/aromatic N) is 2. The van der Waals surface area contributed by atoms with Crippen molar-refractivity contribution in [3.8, 4) is 11.5 Å². The standard InChI is InChI=1S/C29H34N2O4/c1-5-18-31(20-24-7-6-19-30(24)2)21-27-16-17-28(35-27)29(32,22-8-12-25(33-3)13-9-22)23-10-14-26(34-4)15-11-23/h6-17,19,32H,5,18,20-21H2,1-4H3. The van der Waals surface area contributed by atoms with Gasteiger partial charge < -0.3 is 23.6 Å². The number of aromatic nitrogens is 1. The van der Waals surface area contributed by atoms with Gasteiger partial charge in [0.1, 0.15) is 23.0 Å². The first-order valence-corrected chi connectivity index (χ1v) is 11.9. The average Bonchev–Trinajstić information content (AvgIpc) is 3.53. The van der Waals surface area contributed by atoms with Crippen LogP contribution in [0.1, 0.15) is 41.7 Å². The Labute approximate surface area is 207 Å². The maximum Gasteiger partial charge on any atom is 0.173 e. The Bertz CT molecular complexity index is 1160. The summed E-state index contributed by atoms with van der Waals surface area (Å²) in [7, 11) is 5.32. The first kappa shape index (κ1) is 24.6. The largest absolute Gasteiger partial charge is 0.497 e. The molecule has 0 aliphatic carbocycles. The smallest absolute Gasteiger partial charge is 0.173 e. The molecule has 2 aromatic heterocycles. The second-order valence-corrected chi connectivity index (χ2v) is 8.75. The van der Waals surface area contributed by atoms with Gasteiger partial charge in [-0.15, -0.1) is 0 Å². The van der Waals surface area contributed by atoms with Gasteiger partial charge in [0.25, 0.3) is 0 Å². The molecular weight excluding hydrogens is 440 g/mol. The molecule has 0 unspecified atom stereocenters. The zero-order valence-corrected chi connectivity index (χ0v) is 20.9. The number of furan rings is 1. The summed E-state index contributed by atoms with van der Waals surface area (Å²) in [5, 5.41) is 12.2. The summed E-state index contributed by atoms with van der Waals surface area (Å²) in [6, 6.07) is 22.9. The number of hydrogen-bond donors (Lipinski definition) is 1. The molecule has 1 N–H and O–H groups in total. The normalized spacial score (nSPS) is 11.7. The lowest BCUT2D eigenvalue weighted by Crippen LogP contribution is -2.28. The van der Waals surface area contributed by atoms with Crippen LogP contribution in [0.15, 0.2) is 83.4 Å². The number of methoxy groups -OCH3 is 2. The predicted molar refractivity (Wildman–Crippen MR) is 137 cm³/mol. The fourth-order valence-electron chi connectivity index (χ4n) is 4.41. The van der Waals surface area contributed by atoms with Gasteiger partial charge in [0.2, 0.25) is 0 Å². The highest BCUT2D eigenvalue weighted by atomic mass is 16.5. The molecule has 0 aliphatic rings. The molecule has 0 saturated heterocycles. The van der Waals surface area contributed by atoms with E-state index in [-0.39, 0.29) is 0 Å². The lowest BCUT2D eigenvalue weighted by Gasteiger charge is -2.28. The summed E-state index contributed by atoms with van der Waals surface area (Å²) in [6.45, 7) is 4.61. The number of benzene rings is 2. The maximum atomic E-state index is 12.2. The van der Waals surface area contributed by atoms with Crippen LogP contribution in [0.3, 0.4) is 0 Å². The van der Waals surface area contributed by atoms with Crippen LogP contribution in [-0.2, 0) is 25.7 Å². The molecule has 35 heavy (non-hydrogen) atoms. The molecule has 0 bridgehead atoms. The van der Waals surface area contributed by atoms with Crippen molar-refractivity contribution < 1.29 is 19.0 Å². The third-order valence-corrected chi connectivity index (χ3v) is 6.39. The summed E-state index contributed by atoms with van der Waals surface area (Å²) < 4.78 is 19.1. The summed E-state index contributed by atoms with van der Waals surface area (Å²) in [5.74, 6) is 2.73. The minimum Gasteiger partial charge on any atom is -0.497 e. The van der Waals surface area contributed by atoms with Crippen LogP contribution in [0.25, 0.3) is 0 Å². The van der Waals surface area contributed by atoms with Crippen molar-refractivity contribution in [1.82, 2.24) is 9.47 Å². The number of ether oxygens (including phenoxy) is 2. The van der Waals surface area contributed by atoms with Crippen LogP contribution in [0.4, 0.5) is 0 Å². The van der Waals surface area contributed by atoms with Crippen LogP contribution in [0.5, 0.6) is 11.5 Å². The number of rotatable bonds is 11. The fourth-order valence-corrected chi connectivity index (χ4v) is 4.41. The Balaban J connectivity index is 1.67. The Kier molecular flexibility index (Phi) is 7.63. The second-order valence-electron chi connectivity index (χ2n) is 8.75. The molecule has 6 nitrogen and oxygen atoms in total. The van der Waals surface area contributed by atoms with Gasteiger partial charge in [0, 0.05) is 25.5 Å². The molecule has 0 radical (unpaired) electrons. The molecule has 2 heterocycles. The molecule has 4 aromatic rings. The molecule has 0 aliphatic heterocycles. The number of hydrogen-bond acceptors (Lipinski definition) is 5. The van der Waals surface area contributed by atoms with E-state index < -0.39 is 5.60 Å². The molecule has 0 fully saturated rings. The zero-order chi connectivity index (χ0) is 24.8. The van der Waals surface area contributed by atoms with E-state index in [2.05, 4.69) is 41.8 Å². The molecule has 184 valence electrons. The molecule has 0 saturated carbocycles. The quantitative estimate of drug-likeness (QED) is 0.318. The molecule has 0 amide bonds. The predicted octanol–water partition coefficient (Wildman–Crippen LogP) is 5.33. The van der Waals surface area contributed by atoms with Crippen LogP contribution >= 0.6 is 0 Å². The summed E-state index contributed by atoms with van der Waals surface area (Å²) >= 11 is 0. The van der Waals surface area contributed by atoms with E-state index in [0.717, 1.165) is 36.8 Å². The van der Waals surface area contributed by atoms with E-state index in [1.807, 2.05) is 60.7 Å². The molecule has 4 rings (SSSR count). The summed E-state index contributed by atoms with van der Waals surface area (Å²) in [5.41, 5.74) is 1.17. The highest BCUT2D eigenvalue weighted by molar-refractivity contribution is 5.46. The van der Waals surface area contributed by atoms with Gasteiger partial charge in [-0.3, -0.25) is 4.90 Å². The fraction of sp³-hybridized carbons (Fsp3) is 0.310. The van der Waals surface area contributed by atoms with E-state index in [1.165, 1.54) is 5.69 Å². The lowest BCUT2D eigenvalue weighted by atomic mass is 9.84. The van der Waals surface area contributed by atoms with Crippen LogP contribution in [0.2, 0.25) is 0 Å². The van der Waals surface area contributed by atoms with Gasteiger partial charge in [-0.1, -0.05) is 31.2 Å². The minimum atomic E-state index is -1.47. The molecule has 6 heteroatoms. The highest BCUT2D eigenvalue weighted by Crippen LogP contribution is 2.39. The Hall–Kier alpha value is -3.48. The van der Waals surface area contributed by atoms with Crippen molar-refractivity contribution >= 4 is 0 Å². The van der Waals surface area contributed by atoms with Crippen molar-refractivity contribution in [3.05, 3.63) is 107 Å². The molecule has 0 atom stereocenters. The van der Waals surface area contributed by atoms with Crippen molar-refractivity contribution in [2.24, 2.45) is 7.05 Å². The SMILES string of the molecule is CCCN(Cc1ccc(C(O)(c2ccc(OC)cc2)c2ccc(OC)cc2)o1)Cc1cccn1C. The van der Waals surface area contributed by atoms with E-state index >= 15 is 0 Å². The van der Waals surface area contributed by atoms with Gasteiger partial charge >= 0.3 is 0 Å². The zero-order valence-electron chi connectivity index (χ0n) is 20.9. The third kappa shape index (κ3) is 5.29. The van der Waals surface area contributed by atoms with Crippen molar-refractivity contribution in [3.63, 3.8) is 0 Å². The Morgan fingerprint density at radius 2 is 1.46 bits per heavy atom. The third-order valence-electron chi connectivity index (χ3n) is 6.39.